The van der Waals surface area contributed by atoms with Crippen LogP contribution in [0.1, 0.15) is 354 Å². The zero-order valence-electron chi connectivity index (χ0n) is 46.9. The summed E-state index contributed by atoms with van der Waals surface area (Å²) in [5, 5.41) is 9.63. The normalized spacial score (nSPS) is 12.2. The zero-order chi connectivity index (χ0) is 49.9. The van der Waals surface area contributed by atoms with Gasteiger partial charge in [0, 0.05) is 12.8 Å². The minimum Gasteiger partial charge on any atom is -0.462 e. The molecule has 0 saturated carbocycles. The summed E-state index contributed by atoms with van der Waals surface area (Å²) in [6.07, 6.45) is 77.8. The lowest BCUT2D eigenvalue weighted by atomic mass is 10.0. The molecule has 0 aliphatic rings. The molecule has 0 heterocycles. The molecular weight excluding hydrogens is 849 g/mol. The average molecular weight is 972 g/mol. The van der Waals surface area contributed by atoms with E-state index in [-0.39, 0.29) is 25.2 Å². The van der Waals surface area contributed by atoms with Crippen molar-refractivity contribution in [1.29, 1.82) is 0 Å². The maximum Gasteiger partial charge on any atom is 0.306 e. The Balaban J connectivity index is 3.33. The van der Waals surface area contributed by atoms with Crippen molar-refractivity contribution in [2.75, 3.05) is 13.2 Å². The van der Waals surface area contributed by atoms with Gasteiger partial charge in [-0.3, -0.25) is 9.59 Å². The smallest absolute Gasteiger partial charge is 0.306 e. The van der Waals surface area contributed by atoms with Crippen molar-refractivity contribution >= 4 is 11.9 Å². The van der Waals surface area contributed by atoms with Gasteiger partial charge in [-0.2, -0.15) is 0 Å². The molecule has 69 heavy (non-hydrogen) atoms. The molecule has 1 unspecified atom stereocenters. The summed E-state index contributed by atoms with van der Waals surface area (Å²) in [7, 11) is 0. The number of hydrogen-bond acceptors (Lipinski definition) is 5. The number of allylic oxidation sites excluding steroid dienone is 4. The molecule has 0 fully saturated rings. The Hall–Kier alpha value is -1.62. The van der Waals surface area contributed by atoms with E-state index in [9.17, 15) is 14.7 Å². The van der Waals surface area contributed by atoms with Gasteiger partial charge in [0.1, 0.15) is 6.61 Å². The first-order chi connectivity index (χ1) is 34.1. The van der Waals surface area contributed by atoms with E-state index in [2.05, 4.69) is 38.2 Å². The summed E-state index contributed by atoms with van der Waals surface area (Å²) >= 11 is 0. The van der Waals surface area contributed by atoms with Crippen molar-refractivity contribution < 1.29 is 24.2 Å². The van der Waals surface area contributed by atoms with E-state index in [0.29, 0.717) is 12.8 Å². The van der Waals surface area contributed by atoms with Crippen LogP contribution >= 0.6 is 0 Å². The number of esters is 2. The van der Waals surface area contributed by atoms with Crippen LogP contribution < -0.4 is 0 Å². The van der Waals surface area contributed by atoms with Gasteiger partial charge in [0.15, 0.2) is 6.10 Å². The summed E-state index contributed by atoms with van der Waals surface area (Å²) < 4.78 is 10.7. The highest BCUT2D eigenvalue weighted by atomic mass is 16.6. The molecule has 0 amide bonds. The number of aliphatic hydroxyl groups excluding tert-OH is 1. The first-order valence-corrected chi connectivity index (χ1v) is 31.4. The van der Waals surface area contributed by atoms with Gasteiger partial charge in [0.25, 0.3) is 0 Å². The molecule has 0 aliphatic heterocycles. The van der Waals surface area contributed by atoms with E-state index in [1.54, 1.807) is 0 Å². The third-order valence-electron chi connectivity index (χ3n) is 14.5. The SMILES string of the molecule is CCCCCCC/C=C\CCCCCCCC(=O)OCC(CO)OC(=O)CCCCCCCCCCCCCCCCCCCCCCCCCCCCCCC/C=C\CCCCCCCCCC. The molecule has 0 aliphatic carbocycles. The minimum atomic E-state index is -0.771. The first-order valence-electron chi connectivity index (χ1n) is 31.4. The van der Waals surface area contributed by atoms with Gasteiger partial charge >= 0.3 is 11.9 Å². The maximum atomic E-state index is 12.3. The highest BCUT2D eigenvalue weighted by Crippen LogP contribution is 2.18. The van der Waals surface area contributed by atoms with Crippen LogP contribution in [0, 0.1) is 0 Å². The molecule has 1 N–H and O–H groups in total. The van der Waals surface area contributed by atoms with Crippen molar-refractivity contribution in [3.05, 3.63) is 24.3 Å². The lowest BCUT2D eigenvalue weighted by molar-refractivity contribution is -0.161. The van der Waals surface area contributed by atoms with Crippen LogP contribution in [-0.2, 0) is 19.1 Å². The first kappa shape index (κ1) is 67.4. The van der Waals surface area contributed by atoms with Gasteiger partial charge in [0.05, 0.1) is 6.61 Å². The van der Waals surface area contributed by atoms with Crippen molar-refractivity contribution in [2.45, 2.75) is 360 Å². The van der Waals surface area contributed by atoms with Crippen molar-refractivity contribution in [3.63, 3.8) is 0 Å². The second kappa shape index (κ2) is 60.7. The number of rotatable bonds is 59. The van der Waals surface area contributed by atoms with Gasteiger partial charge in [-0.05, 0) is 64.2 Å². The van der Waals surface area contributed by atoms with Gasteiger partial charge < -0.3 is 14.6 Å². The van der Waals surface area contributed by atoms with Crippen molar-refractivity contribution in [3.8, 4) is 0 Å². The highest BCUT2D eigenvalue weighted by molar-refractivity contribution is 5.70. The van der Waals surface area contributed by atoms with Crippen LogP contribution in [0.4, 0.5) is 0 Å². The maximum absolute atomic E-state index is 12.3. The predicted molar refractivity (Wildman–Crippen MR) is 302 cm³/mol. The largest absolute Gasteiger partial charge is 0.462 e. The fraction of sp³-hybridized carbons (Fsp3) is 0.906. The summed E-state index contributed by atoms with van der Waals surface area (Å²) in [6.45, 7) is 4.16. The summed E-state index contributed by atoms with van der Waals surface area (Å²) in [5.41, 5.74) is 0. The standard InChI is InChI=1S/C64H122O5/c1-3-5-7-9-11-13-15-17-19-20-21-22-23-24-25-26-27-28-29-30-31-32-33-34-35-36-37-38-39-40-41-42-43-44-45-47-49-51-53-55-57-59-64(67)69-62(60-65)61-68-63(66)58-56-54-52-50-48-46-18-16-14-12-10-8-6-4-2/h16,18,20-21,62,65H,3-15,17,19,22-61H2,1-2H3/b18-16-,21-20-. The van der Waals surface area contributed by atoms with E-state index >= 15 is 0 Å². The Morgan fingerprint density at radius 2 is 0.536 bits per heavy atom. The van der Waals surface area contributed by atoms with E-state index < -0.39 is 6.10 Å². The second-order valence-corrected chi connectivity index (χ2v) is 21.5. The molecule has 0 aromatic heterocycles. The number of unbranched alkanes of at least 4 members (excludes halogenated alkanes) is 47. The van der Waals surface area contributed by atoms with E-state index in [0.717, 1.165) is 44.9 Å². The second-order valence-electron chi connectivity index (χ2n) is 21.5. The van der Waals surface area contributed by atoms with Gasteiger partial charge in [0.2, 0.25) is 0 Å². The number of carbonyl (C=O) groups excluding carboxylic acids is 2. The third-order valence-corrected chi connectivity index (χ3v) is 14.5. The summed E-state index contributed by atoms with van der Waals surface area (Å²) in [6, 6.07) is 0. The zero-order valence-corrected chi connectivity index (χ0v) is 46.9. The third kappa shape index (κ3) is 58.8. The number of hydrogen-bond donors (Lipinski definition) is 1. The predicted octanol–water partition coefficient (Wildman–Crippen LogP) is 21.3. The number of ether oxygens (including phenoxy) is 2. The van der Waals surface area contributed by atoms with E-state index in [4.69, 9.17) is 9.47 Å². The Morgan fingerprint density at radius 1 is 0.319 bits per heavy atom. The fourth-order valence-corrected chi connectivity index (χ4v) is 9.73. The molecule has 5 heteroatoms. The molecule has 0 spiro atoms. The average Bonchev–Trinajstić information content (AvgIpc) is 3.35. The van der Waals surface area contributed by atoms with Crippen molar-refractivity contribution in [1.82, 2.24) is 0 Å². The summed E-state index contributed by atoms with van der Waals surface area (Å²) in [4.78, 5) is 24.5. The molecule has 0 aromatic rings. The molecular formula is C64H122O5. The Labute approximate surface area is 432 Å². The van der Waals surface area contributed by atoms with E-state index in [1.807, 2.05) is 0 Å². The van der Waals surface area contributed by atoms with Gasteiger partial charge in [-0.1, -0.05) is 301 Å². The minimum absolute atomic E-state index is 0.0645. The van der Waals surface area contributed by atoms with Crippen LogP contribution in [0.5, 0.6) is 0 Å². The lowest BCUT2D eigenvalue weighted by Crippen LogP contribution is -2.28. The molecule has 0 saturated heterocycles. The van der Waals surface area contributed by atoms with Crippen LogP contribution in [-0.4, -0.2) is 36.4 Å². The highest BCUT2D eigenvalue weighted by Gasteiger charge is 2.16. The topological polar surface area (TPSA) is 72.8 Å². The molecule has 0 rings (SSSR count). The fourth-order valence-electron chi connectivity index (χ4n) is 9.73. The number of aliphatic hydroxyl groups is 1. The van der Waals surface area contributed by atoms with Crippen LogP contribution in [0.25, 0.3) is 0 Å². The Morgan fingerprint density at radius 3 is 0.783 bits per heavy atom. The van der Waals surface area contributed by atoms with Crippen LogP contribution in [0.2, 0.25) is 0 Å². The Bertz CT molecular complexity index is 1050. The molecule has 5 nitrogen and oxygen atoms in total. The lowest BCUT2D eigenvalue weighted by Gasteiger charge is -2.15. The molecule has 0 bridgehead atoms. The summed E-state index contributed by atoms with van der Waals surface area (Å²) in [5.74, 6) is -0.583. The van der Waals surface area contributed by atoms with Gasteiger partial charge in [-0.25, -0.2) is 0 Å². The van der Waals surface area contributed by atoms with Crippen LogP contribution in [0.15, 0.2) is 24.3 Å². The molecule has 1 atom stereocenters. The molecule has 0 radical (unpaired) electrons. The number of carbonyl (C=O) groups is 2. The monoisotopic (exact) mass is 971 g/mol. The molecule has 408 valence electrons. The van der Waals surface area contributed by atoms with Crippen LogP contribution in [0.3, 0.4) is 0 Å². The Kier molecular flexibility index (Phi) is 59.3. The van der Waals surface area contributed by atoms with Gasteiger partial charge in [-0.15, -0.1) is 0 Å². The van der Waals surface area contributed by atoms with E-state index in [1.165, 1.54) is 283 Å². The van der Waals surface area contributed by atoms with Crippen molar-refractivity contribution in [2.24, 2.45) is 0 Å². The quantitative estimate of drug-likeness (QED) is 0.0373. The molecule has 0 aromatic carbocycles.